The number of rotatable bonds is 11. The quantitative estimate of drug-likeness (QED) is 0.374. The lowest BCUT2D eigenvalue weighted by molar-refractivity contribution is -0.145. The average molecular weight is 451 g/mol. The summed E-state index contributed by atoms with van der Waals surface area (Å²) < 4.78 is 16.6. The fraction of sp³-hybridized carbons (Fsp3) is 0.346. The monoisotopic (exact) mass is 450 g/mol. The molecule has 0 aliphatic rings. The van der Waals surface area contributed by atoms with Crippen LogP contribution >= 0.6 is 0 Å². The number of ether oxygens (including phenoxy) is 3. The SMILES string of the molecule is CCOC(=O)COc1cc(/C(C)=C/C(=O)N(CC)CC)ccc1OCc1ccccc1C#N. The Hall–Kier alpha value is -3.79. The van der Waals surface area contributed by atoms with Crippen LogP contribution in [0.4, 0.5) is 0 Å². The van der Waals surface area contributed by atoms with Crippen LogP contribution in [0.15, 0.2) is 48.5 Å². The zero-order chi connectivity index (χ0) is 24.2. The van der Waals surface area contributed by atoms with E-state index in [1.807, 2.05) is 39.0 Å². The molecule has 7 heteroatoms. The Morgan fingerprint density at radius 1 is 1.03 bits per heavy atom. The van der Waals surface area contributed by atoms with E-state index >= 15 is 0 Å². The van der Waals surface area contributed by atoms with Gasteiger partial charge in [0.2, 0.25) is 5.91 Å². The first kappa shape index (κ1) is 25.5. The van der Waals surface area contributed by atoms with Gasteiger partial charge in [0.15, 0.2) is 18.1 Å². The van der Waals surface area contributed by atoms with Crippen molar-refractivity contribution in [2.45, 2.75) is 34.3 Å². The van der Waals surface area contributed by atoms with Gasteiger partial charge in [0.1, 0.15) is 6.61 Å². The summed E-state index contributed by atoms with van der Waals surface area (Å²) in [5, 5.41) is 9.29. The van der Waals surface area contributed by atoms with E-state index in [2.05, 4.69) is 6.07 Å². The maximum Gasteiger partial charge on any atom is 0.344 e. The van der Waals surface area contributed by atoms with E-state index in [1.54, 1.807) is 42.2 Å². The van der Waals surface area contributed by atoms with Crippen molar-refractivity contribution in [2.24, 2.45) is 0 Å². The molecule has 1 amide bonds. The van der Waals surface area contributed by atoms with Crippen LogP contribution < -0.4 is 9.47 Å². The molecule has 0 spiro atoms. The van der Waals surface area contributed by atoms with Crippen molar-refractivity contribution in [2.75, 3.05) is 26.3 Å². The zero-order valence-electron chi connectivity index (χ0n) is 19.6. The van der Waals surface area contributed by atoms with Crippen molar-refractivity contribution in [3.8, 4) is 17.6 Å². The van der Waals surface area contributed by atoms with Crippen molar-refractivity contribution in [1.29, 1.82) is 5.26 Å². The third-order valence-corrected chi connectivity index (χ3v) is 4.99. The molecule has 0 fully saturated rings. The molecule has 0 saturated heterocycles. The predicted octanol–water partition coefficient (Wildman–Crippen LogP) is 4.35. The minimum Gasteiger partial charge on any atom is -0.485 e. The Morgan fingerprint density at radius 2 is 1.76 bits per heavy atom. The van der Waals surface area contributed by atoms with E-state index in [4.69, 9.17) is 14.2 Å². The lowest BCUT2D eigenvalue weighted by Crippen LogP contribution is -2.28. The Morgan fingerprint density at radius 3 is 2.42 bits per heavy atom. The summed E-state index contributed by atoms with van der Waals surface area (Å²) in [7, 11) is 0. The van der Waals surface area contributed by atoms with Gasteiger partial charge in [-0.3, -0.25) is 4.79 Å². The molecule has 33 heavy (non-hydrogen) atoms. The highest BCUT2D eigenvalue weighted by Gasteiger charge is 2.13. The van der Waals surface area contributed by atoms with E-state index in [1.165, 1.54) is 0 Å². The number of hydrogen-bond acceptors (Lipinski definition) is 6. The molecular formula is C26H30N2O5. The smallest absolute Gasteiger partial charge is 0.344 e. The van der Waals surface area contributed by atoms with E-state index in [0.717, 1.165) is 16.7 Å². The predicted molar refractivity (Wildman–Crippen MR) is 126 cm³/mol. The Balaban J connectivity index is 2.30. The van der Waals surface area contributed by atoms with Gasteiger partial charge >= 0.3 is 5.97 Å². The average Bonchev–Trinajstić information content (AvgIpc) is 2.82. The van der Waals surface area contributed by atoms with E-state index in [9.17, 15) is 14.9 Å². The molecule has 0 heterocycles. The van der Waals surface area contributed by atoms with Crippen molar-refractivity contribution >= 4 is 17.4 Å². The molecule has 0 radical (unpaired) electrons. The molecule has 0 bridgehead atoms. The molecule has 0 saturated carbocycles. The van der Waals surface area contributed by atoms with Gasteiger partial charge in [-0.2, -0.15) is 5.26 Å². The topological polar surface area (TPSA) is 88.9 Å². The molecule has 174 valence electrons. The largest absolute Gasteiger partial charge is 0.485 e. The molecule has 0 aliphatic heterocycles. The summed E-state index contributed by atoms with van der Waals surface area (Å²) in [6, 6.07) is 14.6. The summed E-state index contributed by atoms with van der Waals surface area (Å²) in [5.41, 5.74) is 2.78. The van der Waals surface area contributed by atoms with Crippen LogP contribution in [0.2, 0.25) is 0 Å². The Kier molecular flexibility index (Phi) is 9.97. The molecule has 0 aliphatic carbocycles. The Bertz CT molecular complexity index is 1040. The molecule has 2 rings (SSSR count). The first-order chi connectivity index (χ1) is 15.9. The summed E-state index contributed by atoms with van der Waals surface area (Å²) in [6.07, 6.45) is 1.58. The zero-order valence-corrected chi connectivity index (χ0v) is 19.6. The third kappa shape index (κ3) is 7.39. The van der Waals surface area contributed by atoms with Gasteiger partial charge in [0.25, 0.3) is 0 Å². The van der Waals surface area contributed by atoms with Crippen molar-refractivity contribution in [1.82, 2.24) is 4.90 Å². The van der Waals surface area contributed by atoms with Crippen LogP contribution in [0.5, 0.6) is 11.5 Å². The van der Waals surface area contributed by atoms with Gasteiger partial charge in [0, 0.05) is 24.7 Å². The van der Waals surface area contributed by atoms with E-state index in [0.29, 0.717) is 30.2 Å². The lowest BCUT2D eigenvalue weighted by Gasteiger charge is -2.17. The van der Waals surface area contributed by atoms with Crippen molar-refractivity contribution < 1.29 is 23.8 Å². The number of esters is 1. The third-order valence-electron chi connectivity index (χ3n) is 4.99. The molecule has 0 aromatic heterocycles. The number of nitriles is 1. The summed E-state index contributed by atoms with van der Waals surface area (Å²) in [5.74, 6) is 0.198. The van der Waals surface area contributed by atoms with Crippen LogP contribution in [0.25, 0.3) is 5.57 Å². The van der Waals surface area contributed by atoms with Gasteiger partial charge < -0.3 is 19.1 Å². The number of likely N-dealkylation sites (N-methyl/N-ethyl adjacent to an activating group) is 1. The normalized spacial score (nSPS) is 10.8. The fourth-order valence-corrected chi connectivity index (χ4v) is 3.13. The van der Waals surface area contributed by atoms with Gasteiger partial charge in [-0.25, -0.2) is 4.79 Å². The maximum absolute atomic E-state index is 12.5. The minimum atomic E-state index is -0.493. The second-order valence-electron chi connectivity index (χ2n) is 7.15. The molecule has 7 nitrogen and oxygen atoms in total. The van der Waals surface area contributed by atoms with Crippen LogP contribution in [-0.2, 0) is 20.9 Å². The second kappa shape index (κ2) is 12.9. The van der Waals surface area contributed by atoms with Crippen molar-refractivity contribution in [3.05, 3.63) is 65.2 Å². The lowest BCUT2D eigenvalue weighted by atomic mass is 10.1. The maximum atomic E-state index is 12.5. The minimum absolute atomic E-state index is 0.0695. The summed E-state index contributed by atoms with van der Waals surface area (Å²) in [4.78, 5) is 26.0. The van der Waals surface area contributed by atoms with Crippen LogP contribution in [0, 0.1) is 11.3 Å². The number of nitrogens with zero attached hydrogens (tertiary/aromatic N) is 2. The number of amides is 1. The first-order valence-electron chi connectivity index (χ1n) is 10.9. The highest BCUT2D eigenvalue weighted by atomic mass is 16.6. The number of benzene rings is 2. The molecule has 2 aromatic rings. The highest BCUT2D eigenvalue weighted by molar-refractivity contribution is 5.95. The number of allylic oxidation sites excluding steroid dienone is 1. The first-order valence-corrected chi connectivity index (χ1v) is 10.9. The van der Waals surface area contributed by atoms with Gasteiger partial charge in [0.05, 0.1) is 18.2 Å². The molecular weight excluding hydrogens is 420 g/mol. The second-order valence-corrected chi connectivity index (χ2v) is 7.15. The van der Waals surface area contributed by atoms with E-state index < -0.39 is 5.97 Å². The van der Waals surface area contributed by atoms with Crippen LogP contribution in [0.3, 0.4) is 0 Å². The van der Waals surface area contributed by atoms with Crippen LogP contribution in [0.1, 0.15) is 44.4 Å². The number of carbonyl (C=O) groups is 2. The van der Waals surface area contributed by atoms with Gasteiger partial charge in [-0.1, -0.05) is 24.3 Å². The summed E-state index contributed by atoms with van der Waals surface area (Å²) in [6.45, 7) is 8.83. The molecule has 0 atom stereocenters. The number of carbonyl (C=O) groups excluding carboxylic acids is 2. The fourth-order valence-electron chi connectivity index (χ4n) is 3.13. The molecule has 0 N–H and O–H groups in total. The Labute approximate surface area is 195 Å². The van der Waals surface area contributed by atoms with Crippen LogP contribution in [-0.4, -0.2) is 43.1 Å². The number of hydrogen-bond donors (Lipinski definition) is 0. The highest BCUT2D eigenvalue weighted by Crippen LogP contribution is 2.32. The van der Waals surface area contributed by atoms with Gasteiger partial charge in [-0.05, 0) is 57.0 Å². The van der Waals surface area contributed by atoms with Crippen molar-refractivity contribution in [3.63, 3.8) is 0 Å². The summed E-state index contributed by atoms with van der Waals surface area (Å²) >= 11 is 0. The molecule has 2 aromatic carbocycles. The molecule has 0 unspecified atom stereocenters. The standard InChI is InChI=1S/C26H30N2O5/c1-5-28(6-2)25(29)14-19(4)20-12-13-23(24(15-20)33-18-26(30)31-7-3)32-17-22-11-9-8-10-21(22)16-27/h8-15H,5-7,17-18H2,1-4H3/b19-14+. The van der Waals surface area contributed by atoms with Gasteiger partial charge in [-0.15, -0.1) is 0 Å². The van der Waals surface area contributed by atoms with E-state index in [-0.39, 0.29) is 25.7 Å².